The van der Waals surface area contributed by atoms with Crippen LogP contribution in [0.2, 0.25) is 0 Å². The van der Waals surface area contributed by atoms with Gasteiger partial charge in [-0.3, -0.25) is 0 Å². The molecule has 2 unspecified atom stereocenters. The average molecular weight is 453 g/mol. The van der Waals surface area contributed by atoms with Crippen molar-refractivity contribution in [3.05, 3.63) is 59.7 Å². The summed E-state index contributed by atoms with van der Waals surface area (Å²) in [5, 5.41) is 10.1. The Balaban J connectivity index is 1.40. The van der Waals surface area contributed by atoms with E-state index in [0.717, 1.165) is 31.2 Å². The molecule has 178 valence electrons. The maximum atomic E-state index is 12.0. The maximum absolute atomic E-state index is 12.0. The molecule has 1 N–H and O–H groups in total. The van der Waals surface area contributed by atoms with Gasteiger partial charge in [0.15, 0.2) is 5.79 Å². The molecule has 4 aliphatic rings. The SMILES string of the molecule is C=C1CCC2[C@]3(C)COC(C)(c4ccccc4)O[C@@H]3CC[C@]2(C)[C@H]1CC=C1C(=O)OC[C@H]1O. The van der Waals surface area contributed by atoms with Gasteiger partial charge < -0.3 is 19.3 Å². The Hall–Kier alpha value is -1.95. The number of allylic oxidation sites excluding steroid dienone is 2. The van der Waals surface area contributed by atoms with Gasteiger partial charge in [0.1, 0.15) is 12.7 Å². The lowest BCUT2D eigenvalue weighted by molar-refractivity contribution is -0.359. The molecule has 0 bridgehead atoms. The van der Waals surface area contributed by atoms with Crippen molar-refractivity contribution in [1.82, 2.24) is 0 Å². The largest absolute Gasteiger partial charge is 0.459 e. The van der Waals surface area contributed by atoms with Gasteiger partial charge in [-0.1, -0.05) is 62.4 Å². The zero-order valence-corrected chi connectivity index (χ0v) is 20.0. The molecule has 0 radical (unpaired) electrons. The minimum Gasteiger partial charge on any atom is -0.459 e. The molecule has 5 heteroatoms. The molecule has 2 saturated heterocycles. The molecule has 5 nitrogen and oxygen atoms in total. The number of aliphatic hydroxyl groups excluding tert-OH is 1. The molecule has 1 aromatic rings. The first kappa shape index (κ1) is 22.8. The van der Waals surface area contributed by atoms with Gasteiger partial charge in [0.25, 0.3) is 0 Å². The number of fused-ring (bicyclic) bond motifs is 3. The van der Waals surface area contributed by atoms with Crippen molar-refractivity contribution in [3.8, 4) is 0 Å². The Kier molecular flexibility index (Phi) is 5.58. The molecule has 5 rings (SSSR count). The lowest BCUT2D eigenvalue weighted by Gasteiger charge is -2.63. The number of carbonyl (C=O) groups is 1. The highest BCUT2D eigenvalue weighted by Crippen LogP contribution is 2.64. The van der Waals surface area contributed by atoms with Crippen molar-refractivity contribution in [1.29, 1.82) is 0 Å². The fourth-order valence-electron chi connectivity index (χ4n) is 7.21. The number of ether oxygens (including phenoxy) is 3. The summed E-state index contributed by atoms with van der Waals surface area (Å²) in [5.41, 5.74) is 2.66. The minimum absolute atomic E-state index is 0.0400. The van der Waals surface area contributed by atoms with Gasteiger partial charge in [0, 0.05) is 11.0 Å². The predicted molar refractivity (Wildman–Crippen MR) is 125 cm³/mol. The van der Waals surface area contributed by atoms with Crippen molar-refractivity contribution < 1.29 is 24.1 Å². The monoisotopic (exact) mass is 452 g/mol. The quantitative estimate of drug-likeness (QED) is 0.402. The van der Waals surface area contributed by atoms with Crippen molar-refractivity contribution in [2.75, 3.05) is 13.2 Å². The van der Waals surface area contributed by atoms with E-state index in [1.54, 1.807) is 0 Å². The third-order valence-electron chi connectivity index (χ3n) is 9.18. The van der Waals surface area contributed by atoms with E-state index in [0.29, 0.717) is 24.5 Å². The van der Waals surface area contributed by atoms with E-state index >= 15 is 0 Å². The van der Waals surface area contributed by atoms with E-state index < -0.39 is 17.9 Å². The molecule has 0 amide bonds. The molecule has 0 aromatic heterocycles. The fraction of sp³-hybridized carbons (Fsp3) is 0.607. The molecule has 0 spiro atoms. The van der Waals surface area contributed by atoms with Gasteiger partial charge in [-0.2, -0.15) is 0 Å². The van der Waals surface area contributed by atoms with Crippen LogP contribution in [0.1, 0.15) is 58.4 Å². The Bertz CT molecular complexity index is 970. The molecule has 4 fully saturated rings. The molecule has 2 heterocycles. The van der Waals surface area contributed by atoms with E-state index in [-0.39, 0.29) is 29.5 Å². The molecule has 33 heavy (non-hydrogen) atoms. The molecule has 2 aliphatic carbocycles. The van der Waals surface area contributed by atoms with Gasteiger partial charge in [0.2, 0.25) is 0 Å². The zero-order valence-electron chi connectivity index (χ0n) is 20.0. The molecule has 2 saturated carbocycles. The van der Waals surface area contributed by atoms with Crippen LogP contribution in [0.25, 0.3) is 0 Å². The second kappa shape index (κ2) is 8.07. The van der Waals surface area contributed by atoms with Gasteiger partial charge in [-0.25, -0.2) is 4.79 Å². The van der Waals surface area contributed by atoms with Crippen molar-refractivity contribution in [2.24, 2.45) is 22.7 Å². The third-order valence-corrected chi connectivity index (χ3v) is 9.18. The Labute approximate surface area is 196 Å². The van der Waals surface area contributed by atoms with E-state index in [4.69, 9.17) is 14.2 Å². The van der Waals surface area contributed by atoms with Gasteiger partial charge in [-0.15, -0.1) is 0 Å². The highest BCUT2D eigenvalue weighted by Gasteiger charge is 2.61. The summed E-state index contributed by atoms with van der Waals surface area (Å²) in [6, 6.07) is 10.2. The Morgan fingerprint density at radius 3 is 2.61 bits per heavy atom. The maximum Gasteiger partial charge on any atom is 0.336 e. The molecular formula is C28H36O5. The summed E-state index contributed by atoms with van der Waals surface area (Å²) in [5.74, 6) is -0.432. The lowest BCUT2D eigenvalue weighted by Crippen LogP contribution is -2.62. The molecular weight excluding hydrogens is 416 g/mol. The number of rotatable bonds is 3. The van der Waals surface area contributed by atoms with Crippen LogP contribution in [0.15, 0.2) is 54.1 Å². The van der Waals surface area contributed by atoms with E-state index in [1.807, 2.05) is 31.2 Å². The van der Waals surface area contributed by atoms with Crippen LogP contribution in [0.3, 0.4) is 0 Å². The first-order valence-electron chi connectivity index (χ1n) is 12.3. The van der Waals surface area contributed by atoms with Crippen LogP contribution in [0, 0.1) is 22.7 Å². The van der Waals surface area contributed by atoms with E-state index in [9.17, 15) is 9.90 Å². The summed E-state index contributed by atoms with van der Waals surface area (Å²) < 4.78 is 18.2. The van der Waals surface area contributed by atoms with E-state index in [2.05, 4.69) is 32.6 Å². The summed E-state index contributed by atoms with van der Waals surface area (Å²) in [7, 11) is 0. The van der Waals surface area contributed by atoms with Crippen molar-refractivity contribution >= 4 is 5.97 Å². The third kappa shape index (κ3) is 3.60. The number of aliphatic hydroxyl groups is 1. The second-order valence-corrected chi connectivity index (χ2v) is 11.1. The topological polar surface area (TPSA) is 65.0 Å². The van der Waals surface area contributed by atoms with Crippen LogP contribution in [-0.2, 0) is 24.8 Å². The minimum atomic E-state index is -0.818. The highest BCUT2D eigenvalue weighted by molar-refractivity contribution is 5.91. The summed E-state index contributed by atoms with van der Waals surface area (Å²) in [6.45, 7) is 11.9. The number of hydrogen-bond acceptors (Lipinski definition) is 5. The highest BCUT2D eigenvalue weighted by atomic mass is 16.7. The average Bonchev–Trinajstić information content (AvgIpc) is 3.12. The predicted octanol–water partition coefficient (Wildman–Crippen LogP) is 4.90. The van der Waals surface area contributed by atoms with Crippen molar-refractivity contribution in [3.63, 3.8) is 0 Å². The lowest BCUT2D eigenvalue weighted by atomic mass is 9.46. The smallest absolute Gasteiger partial charge is 0.336 e. The first-order valence-corrected chi connectivity index (χ1v) is 12.3. The van der Waals surface area contributed by atoms with Crippen LogP contribution < -0.4 is 0 Å². The van der Waals surface area contributed by atoms with Crippen LogP contribution in [-0.4, -0.2) is 36.5 Å². The number of cyclic esters (lactones) is 1. The summed E-state index contributed by atoms with van der Waals surface area (Å²) in [4.78, 5) is 12.0. The standard InChI is InChI=1S/C28H36O5/c1-18-10-13-23-26(2,21(18)12-11-20-22(29)16-31-25(20)30)15-14-24-27(23,3)17-32-28(4,33-24)19-8-6-5-7-9-19/h5-9,11,21-24,29H,1,10,12-17H2,2-4H3/t21-,22+,23?,24+,26+,27-,28?/m0/s1. The van der Waals surface area contributed by atoms with Gasteiger partial charge in [-0.05, 0) is 56.3 Å². The Morgan fingerprint density at radius 1 is 1.15 bits per heavy atom. The Morgan fingerprint density at radius 2 is 1.91 bits per heavy atom. The van der Waals surface area contributed by atoms with Crippen LogP contribution >= 0.6 is 0 Å². The molecule has 1 aromatic carbocycles. The van der Waals surface area contributed by atoms with E-state index in [1.165, 1.54) is 5.57 Å². The van der Waals surface area contributed by atoms with Crippen LogP contribution in [0.5, 0.6) is 0 Å². The zero-order chi connectivity index (χ0) is 23.4. The molecule has 7 atom stereocenters. The number of benzene rings is 1. The molecule has 2 aliphatic heterocycles. The summed E-state index contributed by atoms with van der Waals surface area (Å²) >= 11 is 0. The van der Waals surface area contributed by atoms with Gasteiger partial charge in [0.05, 0.1) is 18.3 Å². The fourth-order valence-corrected chi connectivity index (χ4v) is 7.21. The number of carbonyl (C=O) groups excluding carboxylic acids is 1. The number of esters is 1. The summed E-state index contributed by atoms with van der Waals surface area (Å²) in [6.07, 6.45) is 5.99. The van der Waals surface area contributed by atoms with Gasteiger partial charge >= 0.3 is 5.97 Å². The van der Waals surface area contributed by atoms with Crippen molar-refractivity contribution in [2.45, 2.75) is 70.9 Å². The second-order valence-electron chi connectivity index (χ2n) is 11.1. The first-order chi connectivity index (χ1) is 15.7. The number of hydrogen-bond donors (Lipinski definition) is 1. The normalized spacial score (nSPS) is 44.3. The van der Waals surface area contributed by atoms with Crippen LogP contribution in [0.4, 0.5) is 0 Å².